The number of hydrogen-bond donors (Lipinski definition) is 2. The van der Waals surface area contributed by atoms with Gasteiger partial charge in [0.05, 0.1) is 0 Å². The highest BCUT2D eigenvalue weighted by Crippen LogP contribution is 2.49. The smallest absolute Gasteiger partial charge is 0.314 e. The number of aliphatic carboxylic acids is 1. The Hall–Kier alpha value is 1.57. The second kappa shape index (κ2) is 8.66. The van der Waals surface area contributed by atoms with Gasteiger partial charge in [0, 0.05) is 0 Å². The molecule has 0 saturated heterocycles. The Morgan fingerprint density at radius 3 is 2.60 bits per heavy atom. The average molecular weight is 252 g/mol. The van der Waals surface area contributed by atoms with E-state index in [0.29, 0.717) is 0 Å². The molecule has 0 bridgehead atoms. The van der Waals surface area contributed by atoms with E-state index in [1.54, 1.807) is 0 Å². The van der Waals surface area contributed by atoms with Crippen molar-refractivity contribution in [1.82, 2.24) is 0 Å². The van der Waals surface area contributed by atoms with Crippen LogP contribution in [-0.2, 0) is 4.79 Å². The van der Waals surface area contributed by atoms with Gasteiger partial charge in [-0.25, -0.2) is 0 Å². The third-order valence-electron chi connectivity index (χ3n) is 0.316. The van der Waals surface area contributed by atoms with Crippen LogP contribution in [-0.4, -0.2) is 16.8 Å². The fraction of sp³-hybridized carbons (Fsp3) is 0.500. The molecule has 0 fully saturated rings. The molecule has 0 amide bonds. The summed E-state index contributed by atoms with van der Waals surface area (Å²) in [4.78, 5) is 9.96. The van der Waals surface area contributed by atoms with Gasteiger partial charge in [-0.3, -0.25) is 4.79 Å². The topological polar surface area (TPSA) is 37.3 Å². The third kappa shape index (κ3) is 9.57. The first-order valence-corrected chi connectivity index (χ1v) is 9.29. The van der Waals surface area contributed by atoms with E-state index in [1.165, 1.54) is 50.1 Å². The Balaban J connectivity index is 2.84. The Labute approximate surface area is 82.8 Å². The second-order valence-electron chi connectivity index (χ2n) is 0.935. The Morgan fingerprint density at radius 2 is 2.10 bits per heavy atom. The van der Waals surface area contributed by atoms with Crippen LogP contribution in [0.15, 0.2) is 0 Å². The van der Waals surface area contributed by atoms with Crippen LogP contribution in [0.5, 0.6) is 0 Å². The monoisotopic (exact) mass is 252 g/mol. The number of carbonyl (C=O) groups is 1. The summed E-state index contributed by atoms with van der Waals surface area (Å²) in [5, 5.41) is 8.20. The van der Waals surface area contributed by atoms with Crippen molar-refractivity contribution in [2.75, 3.05) is 5.75 Å². The van der Waals surface area contributed by atoms with Crippen molar-refractivity contribution in [3.05, 3.63) is 0 Å². The first-order chi connectivity index (χ1) is 4.77. The van der Waals surface area contributed by atoms with E-state index in [0.717, 1.165) is 0 Å². The zero-order chi connectivity index (χ0) is 7.82. The minimum absolute atomic E-state index is 0.148. The van der Waals surface area contributed by atoms with Crippen LogP contribution in [0.1, 0.15) is 0 Å². The van der Waals surface area contributed by atoms with E-state index in [1.807, 2.05) is 0 Å². The standard InChI is InChI=1S/C2H4O2S6/c3-2(4)1-6-8-10-9-7-5/h5H,1H2,(H,3,4). The summed E-state index contributed by atoms with van der Waals surface area (Å²) < 4.78 is 0. The third-order valence-corrected chi connectivity index (χ3v) is 9.16. The van der Waals surface area contributed by atoms with E-state index < -0.39 is 5.97 Å². The van der Waals surface area contributed by atoms with Crippen molar-refractivity contribution in [3.8, 4) is 0 Å². The molecule has 8 heteroatoms. The molecule has 0 atom stereocenters. The summed E-state index contributed by atoms with van der Waals surface area (Å²) in [5.74, 6) is -0.628. The number of carboxylic acid groups (broad SMARTS) is 1. The minimum atomic E-state index is -0.776. The van der Waals surface area contributed by atoms with E-state index >= 15 is 0 Å². The molecule has 0 aliphatic rings. The van der Waals surface area contributed by atoms with Crippen LogP contribution < -0.4 is 0 Å². The van der Waals surface area contributed by atoms with Crippen LogP contribution in [0.25, 0.3) is 0 Å². The van der Waals surface area contributed by atoms with Gasteiger partial charge < -0.3 is 5.11 Å². The summed E-state index contributed by atoms with van der Waals surface area (Å²) >= 11 is 3.88. The first-order valence-electron chi connectivity index (χ1n) is 1.92. The van der Waals surface area contributed by atoms with Crippen molar-refractivity contribution in [3.63, 3.8) is 0 Å². The fourth-order valence-electron chi connectivity index (χ4n) is 0.118. The lowest BCUT2D eigenvalue weighted by Crippen LogP contribution is -1.95. The summed E-state index contributed by atoms with van der Waals surface area (Å²) in [6.07, 6.45) is 0. The van der Waals surface area contributed by atoms with Gasteiger partial charge in [-0.2, -0.15) is 0 Å². The fourth-order valence-corrected chi connectivity index (χ4v) is 8.47. The zero-order valence-corrected chi connectivity index (χ0v) is 9.53. The number of carboxylic acids is 1. The molecular weight excluding hydrogens is 248 g/mol. The van der Waals surface area contributed by atoms with E-state index in [9.17, 15) is 4.79 Å². The lowest BCUT2D eigenvalue weighted by molar-refractivity contribution is -0.133. The van der Waals surface area contributed by atoms with Crippen LogP contribution in [0.4, 0.5) is 0 Å². The van der Waals surface area contributed by atoms with Crippen LogP contribution in [0, 0.1) is 0 Å². The predicted octanol–water partition coefficient (Wildman–Crippen LogP) is 3.24. The highest BCUT2D eigenvalue weighted by atomic mass is 33.9. The first kappa shape index (κ1) is 11.6. The predicted molar refractivity (Wildman–Crippen MR) is 59.4 cm³/mol. The molecule has 0 saturated carbocycles. The van der Waals surface area contributed by atoms with Gasteiger partial charge in [0.1, 0.15) is 5.75 Å². The van der Waals surface area contributed by atoms with Gasteiger partial charge >= 0.3 is 5.97 Å². The molecule has 60 valence electrons. The van der Waals surface area contributed by atoms with Gasteiger partial charge in [-0.15, -0.1) is 0 Å². The molecule has 0 spiro atoms. The maximum atomic E-state index is 9.96. The highest BCUT2D eigenvalue weighted by Gasteiger charge is 1.97. The molecule has 0 unspecified atom stereocenters. The maximum absolute atomic E-state index is 9.96. The molecule has 1 N–H and O–H groups in total. The van der Waals surface area contributed by atoms with Gasteiger partial charge in [-0.05, 0) is 39.3 Å². The maximum Gasteiger partial charge on any atom is 0.314 e. The number of rotatable bonds is 6. The zero-order valence-electron chi connectivity index (χ0n) is 4.55. The molecule has 0 aromatic heterocycles. The summed E-state index contributed by atoms with van der Waals surface area (Å²) in [6.45, 7) is 0. The lowest BCUT2D eigenvalue weighted by Gasteiger charge is -1.92. The van der Waals surface area contributed by atoms with Gasteiger partial charge in [0.15, 0.2) is 0 Å². The van der Waals surface area contributed by atoms with E-state index in [-0.39, 0.29) is 5.75 Å². The molecule has 0 aliphatic heterocycles. The van der Waals surface area contributed by atoms with E-state index in [4.69, 9.17) is 5.11 Å². The molecule has 0 aliphatic carbocycles. The average Bonchev–Trinajstić information content (AvgIpc) is 1.87. The van der Waals surface area contributed by atoms with Gasteiger partial charge in [0.2, 0.25) is 0 Å². The molecule has 0 aromatic carbocycles. The van der Waals surface area contributed by atoms with Crippen LogP contribution in [0.3, 0.4) is 0 Å². The molecule has 0 heterocycles. The molecular formula is C2H4O2S6. The quantitative estimate of drug-likeness (QED) is 0.427. The minimum Gasteiger partial charge on any atom is -0.481 e. The normalized spacial score (nSPS) is 9.70. The van der Waals surface area contributed by atoms with Crippen molar-refractivity contribution in [1.29, 1.82) is 0 Å². The summed E-state index contributed by atoms with van der Waals surface area (Å²) in [6, 6.07) is 0. The molecule has 10 heavy (non-hydrogen) atoms. The molecule has 2 nitrogen and oxygen atoms in total. The number of thiol groups is 1. The van der Waals surface area contributed by atoms with Crippen LogP contribution >= 0.6 is 61.8 Å². The molecule has 0 rings (SSSR count). The lowest BCUT2D eigenvalue weighted by atomic mass is 10.8. The van der Waals surface area contributed by atoms with Gasteiger partial charge in [-0.1, -0.05) is 22.5 Å². The Morgan fingerprint density at radius 1 is 1.40 bits per heavy atom. The summed E-state index contributed by atoms with van der Waals surface area (Å²) in [7, 11) is 7.14. The largest absolute Gasteiger partial charge is 0.481 e. The Kier molecular flexibility index (Phi) is 10.0. The molecule has 0 radical (unpaired) electrons. The second-order valence-corrected chi connectivity index (χ2v) is 9.41. The van der Waals surface area contributed by atoms with Crippen molar-refractivity contribution in [2.24, 2.45) is 0 Å². The highest BCUT2D eigenvalue weighted by molar-refractivity contribution is 9.41. The summed E-state index contributed by atoms with van der Waals surface area (Å²) in [5.41, 5.74) is 0. The van der Waals surface area contributed by atoms with Crippen molar-refractivity contribution in [2.45, 2.75) is 0 Å². The van der Waals surface area contributed by atoms with E-state index in [2.05, 4.69) is 11.7 Å². The van der Waals surface area contributed by atoms with Crippen LogP contribution in [0.2, 0.25) is 0 Å². The Bertz CT molecular complexity index is 95.7. The van der Waals surface area contributed by atoms with Gasteiger partial charge in [0.25, 0.3) is 0 Å². The van der Waals surface area contributed by atoms with Crippen molar-refractivity contribution < 1.29 is 9.90 Å². The number of hydrogen-bond acceptors (Lipinski definition) is 7. The SMILES string of the molecule is O=C(O)CSSSSSS. The molecule has 0 aromatic rings. The van der Waals surface area contributed by atoms with Crippen molar-refractivity contribution >= 4 is 67.7 Å².